The number of carbonyl (C=O) groups is 1. The summed E-state index contributed by atoms with van der Waals surface area (Å²) in [6, 6.07) is 21.1. The first-order valence-electron chi connectivity index (χ1n) is 6.71. The van der Waals surface area contributed by atoms with E-state index in [1.165, 1.54) is 10.8 Å². The summed E-state index contributed by atoms with van der Waals surface area (Å²) in [6.45, 7) is 0. The van der Waals surface area contributed by atoms with Gasteiger partial charge < -0.3 is 9.90 Å². The van der Waals surface area contributed by atoms with Crippen LogP contribution in [0.1, 0.15) is 21.5 Å². The number of hydrogen-bond donors (Lipinski definition) is 0. The Morgan fingerprint density at radius 1 is 0.773 bits per heavy atom. The summed E-state index contributed by atoms with van der Waals surface area (Å²) >= 11 is 0. The van der Waals surface area contributed by atoms with Crippen molar-refractivity contribution in [3.8, 4) is 0 Å². The second kappa shape index (κ2) is 7.41. The molecule has 0 N–H and O–H groups in total. The van der Waals surface area contributed by atoms with Gasteiger partial charge in [-0.2, -0.15) is 0 Å². The SMILES string of the molecule is O=C([O-])c1ccc(/C=C/c2ccc3ccccc3c2)cc1.[Na+]. The fraction of sp³-hybridized carbons (Fsp3) is 0. The van der Waals surface area contributed by atoms with Gasteiger partial charge in [0.25, 0.3) is 0 Å². The van der Waals surface area contributed by atoms with Crippen molar-refractivity contribution < 1.29 is 39.5 Å². The summed E-state index contributed by atoms with van der Waals surface area (Å²) < 4.78 is 0. The molecular weight excluding hydrogens is 283 g/mol. The Morgan fingerprint density at radius 2 is 1.36 bits per heavy atom. The molecule has 0 amide bonds. The van der Waals surface area contributed by atoms with Crippen molar-refractivity contribution in [2.45, 2.75) is 0 Å². The van der Waals surface area contributed by atoms with Crippen molar-refractivity contribution in [2.75, 3.05) is 0 Å². The molecule has 0 unspecified atom stereocenters. The quantitative estimate of drug-likeness (QED) is 0.518. The first-order valence-corrected chi connectivity index (χ1v) is 6.71. The van der Waals surface area contributed by atoms with Crippen molar-refractivity contribution in [2.24, 2.45) is 0 Å². The third kappa shape index (κ3) is 3.86. The zero-order valence-corrected chi connectivity index (χ0v) is 14.3. The van der Waals surface area contributed by atoms with Crippen LogP contribution in [0.2, 0.25) is 0 Å². The van der Waals surface area contributed by atoms with E-state index in [1.807, 2.05) is 24.3 Å². The van der Waals surface area contributed by atoms with Crippen LogP contribution in [0.15, 0.2) is 66.7 Å². The molecule has 22 heavy (non-hydrogen) atoms. The number of aromatic carboxylic acids is 1. The molecule has 0 saturated heterocycles. The molecule has 3 aromatic carbocycles. The molecule has 0 aromatic heterocycles. The maximum absolute atomic E-state index is 10.7. The fourth-order valence-electron chi connectivity index (χ4n) is 2.23. The average Bonchev–Trinajstić information content (AvgIpc) is 2.53. The van der Waals surface area contributed by atoms with Crippen molar-refractivity contribution in [3.63, 3.8) is 0 Å². The predicted octanol–water partition coefficient (Wildman–Crippen LogP) is 0.378. The van der Waals surface area contributed by atoms with Crippen LogP contribution in [-0.4, -0.2) is 5.97 Å². The number of rotatable bonds is 3. The maximum atomic E-state index is 10.7. The minimum atomic E-state index is -1.15. The molecule has 0 heterocycles. The van der Waals surface area contributed by atoms with E-state index in [9.17, 15) is 9.90 Å². The molecule has 0 atom stereocenters. The molecule has 3 rings (SSSR count). The van der Waals surface area contributed by atoms with Gasteiger partial charge in [0.1, 0.15) is 0 Å². The van der Waals surface area contributed by atoms with Crippen molar-refractivity contribution >= 4 is 28.9 Å². The van der Waals surface area contributed by atoms with Crippen LogP contribution in [0.5, 0.6) is 0 Å². The Bertz CT molecular complexity index is 820. The normalized spacial score (nSPS) is 10.5. The molecule has 3 aromatic rings. The first kappa shape index (κ1) is 16.5. The zero-order valence-electron chi connectivity index (χ0n) is 12.3. The van der Waals surface area contributed by atoms with Crippen LogP contribution in [0.4, 0.5) is 0 Å². The Labute approximate surface area is 151 Å². The van der Waals surface area contributed by atoms with E-state index in [4.69, 9.17) is 0 Å². The van der Waals surface area contributed by atoms with Gasteiger partial charge in [0.2, 0.25) is 0 Å². The molecular formula is C19H13NaO2. The number of carboxylic acids is 1. The van der Waals surface area contributed by atoms with Gasteiger partial charge in [-0.25, -0.2) is 0 Å². The molecule has 0 saturated carbocycles. The topological polar surface area (TPSA) is 40.1 Å². The molecule has 0 aliphatic heterocycles. The van der Waals surface area contributed by atoms with Gasteiger partial charge in [0.05, 0.1) is 5.97 Å². The van der Waals surface area contributed by atoms with E-state index in [0.717, 1.165) is 11.1 Å². The minimum Gasteiger partial charge on any atom is -0.545 e. The van der Waals surface area contributed by atoms with Crippen LogP contribution >= 0.6 is 0 Å². The molecule has 0 spiro atoms. The summed E-state index contributed by atoms with van der Waals surface area (Å²) in [4.78, 5) is 10.7. The Kier molecular flexibility index (Phi) is 5.56. The van der Waals surface area contributed by atoms with Crippen molar-refractivity contribution in [1.29, 1.82) is 0 Å². The minimum absolute atomic E-state index is 0. The second-order valence-electron chi connectivity index (χ2n) is 4.85. The van der Waals surface area contributed by atoms with Crippen LogP contribution in [0.25, 0.3) is 22.9 Å². The summed E-state index contributed by atoms with van der Waals surface area (Å²) in [7, 11) is 0. The Balaban J connectivity index is 0.00000176. The average molecular weight is 296 g/mol. The first-order chi connectivity index (χ1) is 10.2. The smallest absolute Gasteiger partial charge is 0.545 e. The van der Waals surface area contributed by atoms with Gasteiger partial charge in [-0.05, 0) is 33.5 Å². The fourth-order valence-corrected chi connectivity index (χ4v) is 2.23. The van der Waals surface area contributed by atoms with Crippen LogP contribution in [0.3, 0.4) is 0 Å². The van der Waals surface area contributed by atoms with Gasteiger partial charge in [-0.15, -0.1) is 0 Å². The third-order valence-corrected chi connectivity index (χ3v) is 3.39. The third-order valence-electron chi connectivity index (χ3n) is 3.39. The number of fused-ring (bicyclic) bond motifs is 1. The van der Waals surface area contributed by atoms with Crippen molar-refractivity contribution in [3.05, 3.63) is 83.4 Å². The molecule has 0 fully saturated rings. The molecule has 0 radical (unpaired) electrons. The van der Waals surface area contributed by atoms with Gasteiger partial charge in [0, 0.05) is 0 Å². The maximum Gasteiger partial charge on any atom is 1.00 e. The number of hydrogen-bond acceptors (Lipinski definition) is 2. The zero-order chi connectivity index (χ0) is 14.7. The summed E-state index contributed by atoms with van der Waals surface area (Å²) in [5.74, 6) is -1.15. The number of carboxylic acid groups (broad SMARTS) is 1. The van der Waals surface area contributed by atoms with Crippen molar-refractivity contribution in [1.82, 2.24) is 0 Å². The standard InChI is InChI=1S/C19H14O2.Na/c20-19(21)17-11-7-14(8-12-17)5-6-15-9-10-16-3-1-2-4-18(16)13-15;/h1-13H,(H,20,21);/q;+1/p-1/b6-5+;. The van der Waals surface area contributed by atoms with E-state index in [1.54, 1.807) is 24.3 Å². The summed E-state index contributed by atoms with van der Waals surface area (Å²) in [6.07, 6.45) is 3.98. The molecule has 0 aliphatic carbocycles. The predicted molar refractivity (Wildman–Crippen MR) is 83.6 cm³/mol. The number of benzene rings is 3. The Morgan fingerprint density at radius 3 is 2.05 bits per heavy atom. The van der Waals surface area contributed by atoms with E-state index < -0.39 is 5.97 Å². The Hall–Kier alpha value is -1.87. The van der Waals surface area contributed by atoms with Gasteiger partial charge in [-0.3, -0.25) is 0 Å². The van der Waals surface area contributed by atoms with Gasteiger partial charge >= 0.3 is 29.6 Å². The molecule has 102 valence electrons. The van der Waals surface area contributed by atoms with Gasteiger partial charge in [-0.1, -0.05) is 72.8 Å². The van der Waals surface area contributed by atoms with Crippen LogP contribution in [-0.2, 0) is 0 Å². The van der Waals surface area contributed by atoms with E-state index in [-0.39, 0.29) is 35.1 Å². The monoisotopic (exact) mass is 296 g/mol. The molecule has 3 heteroatoms. The number of carbonyl (C=O) groups excluding carboxylic acids is 1. The van der Waals surface area contributed by atoms with Crippen LogP contribution < -0.4 is 34.7 Å². The van der Waals surface area contributed by atoms with E-state index in [0.29, 0.717) is 0 Å². The van der Waals surface area contributed by atoms with Crippen LogP contribution in [0, 0.1) is 0 Å². The molecule has 2 nitrogen and oxygen atoms in total. The second-order valence-corrected chi connectivity index (χ2v) is 4.85. The summed E-state index contributed by atoms with van der Waals surface area (Å²) in [5.41, 5.74) is 2.25. The van der Waals surface area contributed by atoms with E-state index in [2.05, 4.69) is 30.3 Å². The molecule has 0 bridgehead atoms. The van der Waals surface area contributed by atoms with E-state index >= 15 is 0 Å². The summed E-state index contributed by atoms with van der Waals surface area (Å²) in [5, 5.41) is 13.1. The van der Waals surface area contributed by atoms with Gasteiger partial charge in [0.15, 0.2) is 0 Å². The molecule has 0 aliphatic rings. The largest absolute Gasteiger partial charge is 1.00 e.